The van der Waals surface area contributed by atoms with Crippen LogP contribution in [-0.2, 0) is 0 Å². The molecule has 1 N–H and O–H groups in total. The Morgan fingerprint density at radius 3 is 2.69 bits per heavy atom. The molecule has 0 saturated carbocycles. The predicted molar refractivity (Wildman–Crippen MR) is 46.5 cm³/mol. The van der Waals surface area contributed by atoms with Crippen LogP contribution in [-0.4, -0.2) is 7.11 Å². The van der Waals surface area contributed by atoms with E-state index in [0.29, 0.717) is 11.3 Å². The standard InChI is InChI=1S/C9H11FN2O/c1-6(12-11)8-4-3-7(13-2)5-9(8)10/h3-6,11H,1-2H3. The molecule has 0 heterocycles. The zero-order chi connectivity index (χ0) is 9.84. The zero-order valence-corrected chi connectivity index (χ0v) is 7.54. The number of halogens is 1. The number of hydrogen-bond acceptors (Lipinski definition) is 3. The molecule has 70 valence electrons. The van der Waals surface area contributed by atoms with Crippen molar-refractivity contribution in [2.75, 3.05) is 7.11 Å². The van der Waals surface area contributed by atoms with E-state index in [1.165, 1.54) is 13.2 Å². The summed E-state index contributed by atoms with van der Waals surface area (Å²) in [6.07, 6.45) is 0. The third-order valence-electron chi connectivity index (χ3n) is 1.85. The summed E-state index contributed by atoms with van der Waals surface area (Å²) < 4.78 is 18.1. The lowest BCUT2D eigenvalue weighted by molar-refractivity contribution is 0.410. The van der Waals surface area contributed by atoms with Crippen molar-refractivity contribution in [1.82, 2.24) is 0 Å². The van der Waals surface area contributed by atoms with Gasteiger partial charge in [0.1, 0.15) is 11.6 Å². The molecule has 0 aliphatic heterocycles. The van der Waals surface area contributed by atoms with E-state index in [1.807, 2.05) is 0 Å². The van der Waals surface area contributed by atoms with Crippen molar-refractivity contribution in [2.45, 2.75) is 13.0 Å². The fourth-order valence-corrected chi connectivity index (χ4v) is 1.04. The number of nitrogens with zero attached hydrogens (tertiary/aromatic N) is 1. The smallest absolute Gasteiger partial charge is 0.132 e. The van der Waals surface area contributed by atoms with Crippen LogP contribution in [0.3, 0.4) is 0 Å². The number of rotatable bonds is 3. The monoisotopic (exact) mass is 182 g/mol. The molecule has 1 aromatic rings. The molecule has 0 fully saturated rings. The highest BCUT2D eigenvalue weighted by atomic mass is 19.1. The SMILES string of the molecule is COc1ccc(C(C)N=N)c(F)c1. The fourth-order valence-electron chi connectivity index (χ4n) is 1.04. The second-order valence-electron chi connectivity index (χ2n) is 2.69. The molecule has 0 radical (unpaired) electrons. The highest BCUT2D eigenvalue weighted by molar-refractivity contribution is 5.30. The maximum Gasteiger partial charge on any atom is 0.132 e. The highest BCUT2D eigenvalue weighted by Gasteiger charge is 2.09. The van der Waals surface area contributed by atoms with Gasteiger partial charge in [-0.1, -0.05) is 6.07 Å². The van der Waals surface area contributed by atoms with E-state index in [0.717, 1.165) is 0 Å². The first-order valence-electron chi connectivity index (χ1n) is 3.89. The average molecular weight is 182 g/mol. The maximum atomic E-state index is 13.3. The van der Waals surface area contributed by atoms with Gasteiger partial charge in [0.2, 0.25) is 0 Å². The van der Waals surface area contributed by atoms with Gasteiger partial charge in [-0.3, -0.25) is 0 Å². The molecule has 0 aliphatic carbocycles. The quantitative estimate of drug-likeness (QED) is 0.717. The summed E-state index contributed by atoms with van der Waals surface area (Å²) in [5.41, 5.74) is 7.18. The maximum absolute atomic E-state index is 13.3. The second kappa shape index (κ2) is 3.98. The van der Waals surface area contributed by atoms with Gasteiger partial charge in [0.05, 0.1) is 13.2 Å². The number of hydrogen-bond donors (Lipinski definition) is 1. The van der Waals surface area contributed by atoms with Gasteiger partial charge in [-0.15, -0.1) is 0 Å². The van der Waals surface area contributed by atoms with Gasteiger partial charge < -0.3 is 4.74 Å². The summed E-state index contributed by atoms with van der Waals surface area (Å²) in [5, 5.41) is 3.24. The Hall–Kier alpha value is -1.45. The molecule has 0 amide bonds. The van der Waals surface area contributed by atoms with Crippen molar-refractivity contribution in [2.24, 2.45) is 5.11 Å². The van der Waals surface area contributed by atoms with Crippen LogP contribution in [0.1, 0.15) is 18.5 Å². The van der Waals surface area contributed by atoms with Gasteiger partial charge in [-0.2, -0.15) is 5.11 Å². The molecule has 0 saturated heterocycles. The van der Waals surface area contributed by atoms with E-state index in [2.05, 4.69) is 5.11 Å². The first kappa shape index (κ1) is 9.64. The van der Waals surface area contributed by atoms with E-state index in [4.69, 9.17) is 10.3 Å². The van der Waals surface area contributed by atoms with Crippen LogP contribution in [0, 0.1) is 11.3 Å². The van der Waals surface area contributed by atoms with E-state index >= 15 is 0 Å². The Labute approximate surface area is 76.0 Å². The number of ether oxygens (including phenoxy) is 1. The summed E-state index contributed by atoms with van der Waals surface area (Å²) >= 11 is 0. The van der Waals surface area contributed by atoms with Crippen molar-refractivity contribution in [1.29, 1.82) is 5.53 Å². The lowest BCUT2D eigenvalue weighted by Gasteiger charge is -2.07. The van der Waals surface area contributed by atoms with E-state index in [-0.39, 0.29) is 5.82 Å². The molecule has 0 aromatic heterocycles. The topological polar surface area (TPSA) is 45.4 Å². The Morgan fingerprint density at radius 1 is 1.54 bits per heavy atom. The lowest BCUT2D eigenvalue weighted by atomic mass is 10.1. The van der Waals surface area contributed by atoms with Crippen LogP contribution in [0.25, 0.3) is 0 Å². The molecule has 13 heavy (non-hydrogen) atoms. The molecular formula is C9H11FN2O. The molecular weight excluding hydrogens is 171 g/mol. The van der Waals surface area contributed by atoms with Crippen LogP contribution in [0.4, 0.5) is 4.39 Å². The summed E-state index contributed by atoms with van der Waals surface area (Å²) in [5.74, 6) is 0.0845. The first-order chi connectivity index (χ1) is 6.19. The molecule has 0 spiro atoms. The minimum absolute atomic E-state index is 0.386. The van der Waals surface area contributed by atoms with Gasteiger partial charge in [-0.05, 0) is 13.0 Å². The largest absolute Gasteiger partial charge is 0.497 e. The Morgan fingerprint density at radius 2 is 2.23 bits per heavy atom. The van der Waals surface area contributed by atoms with Crippen LogP contribution in [0.2, 0.25) is 0 Å². The van der Waals surface area contributed by atoms with Gasteiger partial charge in [0, 0.05) is 11.6 Å². The second-order valence-corrected chi connectivity index (χ2v) is 2.69. The summed E-state index contributed by atoms with van der Waals surface area (Å²) in [6, 6.07) is 4.08. The highest BCUT2D eigenvalue weighted by Crippen LogP contribution is 2.23. The zero-order valence-electron chi connectivity index (χ0n) is 7.54. The van der Waals surface area contributed by atoms with Crippen molar-refractivity contribution in [3.05, 3.63) is 29.6 Å². The van der Waals surface area contributed by atoms with Crippen LogP contribution >= 0.6 is 0 Å². The van der Waals surface area contributed by atoms with Crippen molar-refractivity contribution >= 4 is 0 Å². The van der Waals surface area contributed by atoms with E-state index < -0.39 is 6.04 Å². The Balaban J connectivity index is 3.04. The third kappa shape index (κ3) is 2.02. The fraction of sp³-hybridized carbons (Fsp3) is 0.333. The van der Waals surface area contributed by atoms with Crippen molar-refractivity contribution in [3.63, 3.8) is 0 Å². The van der Waals surface area contributed by atoms with Gasteiger partial charge in [0.25, 0.3) is 0 Å². The molecule has 1 unspecified atom stereocenters. The van der Waals surface area contributed by atoms with Crippen molar-refractivity contribution in [3.8, 4) is 5.75 Å². The molecule has 4 heteroatoms. The van der Waals surface area contributed by atoms with E-state index in [9.17, 15) is 4.39 Å². The third-order valence-corrected chi connectivity index (χ3v) is 1.85. The molecule has 0 bridgehead atoms. The normalized spacial score (nSPS) is 12.2. The number of benzene rings is 1. The Bertz CT molecular complexity index is 314. The minimum atomic E-state index is -0.439. The summed E-state index contributed by atoms with van der Waals surface area (Å²) in [6.45, 7) is 1.66. The lowest BCUT2D eigenvalue weighted by Crippen LogP contribution is -1.94. The average Bonchev–Trinajstić information content (AvgIpc) is 2.16. The van der Waals surface area contributed by atoms with Crippen LogP contribution in [0.15, 0.2) is 23.3 Å². The summed E-state index contributed by atoms with van der Waals surface area (Å²) in [7, 11) is 1.48. The Kier molecular flexibility index (Phi) is 2.95. The van der Waals surface area contributed by atoms with Crippen LogP contribution < -0.4 is 4.74 Å². The number of methoxy groups -OCH3 is 1. The predicted octanol–water partition coefficient (Wildman–Crippen LogP) is 2.93. The van der Waals surface area contributed by atoms with Gasteiger partial charge in [0.15, 0.2) is 0 Å². The molecule has 1 rings (SSSR count). The minimum Gasteiger partial charge on any atom is -0.497 e. The van der Waals surface area contributed by atoms with Crippen LogP contribution in [0.5, 0.6) is 5.75 Å². The van der Waals surface area contributed by atoms with Gasteiger partial charge >= 0.3 is 0 Å². The first-order valence-corrected chi connectivity index (χ1v) is 3.89. The molecule has 0 aliphatic rings. The summed E-state index contributed by atoms with van der Waals surface area (Å²) in [4.78, 5) is 0. The van der Waals surface area contributed by atoms with Crippen molar-refractivity contribution < 1.29 is 9.13 Å². The van der Waals surface area contributed by atoms with E-state index in [1.54, 1.807) is 19.1 Å². The molecule has 1 aromatic carbocycles. The number of nitrogens with one attached hydrogen (secondary N) is 1. The van der Waals surface area contributed by atoms with Gasteiger partial charge in [-0.25, -0.2) is 9.92 Å². The molecule has 1 atom stereocenters. The molecule has 3 nitrogen and oxygen atoms in total.